The number of hydrogen-bond acceptors (Lipinski definition) is 8. The zero-order valence-corrected chi connectivity index (χ0v) is 14.8. The van der Waals surface area contributed by atoms with Crippen LogP contribution in [0.5, 0.6) is 0 Å². The summed E-state index contributed by atoms with van der Waals surface area (Å²) in [6.45, 7) is 5.12. The van der Waals surface area contributed by atoms with E-state index in [1.165, 1.54) is 6.08 Å². The Morgan fingerprint density at radius 2 is 2.12 bits per heavy atom. The molecule has 1 saturated heterocycles. The van der Waals surface area contributed by atoms with E-state index in [1.807, 2.05) is 11.8 Å². The molecule has 26 heavy (non-hydrogen) atoms. The minimum Gasteiger partial charge on any atom is -0.463 e. The summed E-state index contributed by atoms with van der Waals surface area (Å²) in [5, 5.41) is 13.9. The van der Waals surface area contributed by atoms with Gasteiger partial charge in [-0.05, 0) is 19.4 Å². The van der Waals surface area contributed by atoms with Crippen molar-refractivity contribution in [2.24, 2.45) is 0 Å². The fourth-order valence-electron chi connectivity index (χ4n) is 2.78. The predicted octanol–water partition coefficient (Wildman–Crippen LogP) is 0.564. The van der Waals surface area contributed by atoms with E-state index in [4.69, 9.17) is 10.5 Å². The van der Waals surface area contributed by atoms with Gasteiger partial charge in [-0.25, -0.2) is 9.48 Å². The highest BCUT2D eigenvalue weighted by atomic mass is 16.5. The van der Waals surface area contributed by atoms with Gasteiger partial charge in [0.15, 0.2) is 5.82 Å². The molecule has 0 atom stereocenters. The molecule has 0 aliphatic carbocycles. The van der Waals surface area contributed by atoms with Crippen LogP contribution >= 0.6 is 0 Å². The van der Waals surface area contributed by atoms with E-state index >= 15 is 0 Å². The maximum atomic E-state index is 11.5. The number of aliphatic hydroxyl groups excluding tert-OH is 1. The normalized spacial score (nSPS) is 14.7. The average molecular weight is 358 g/mol. The van der Waals surface area contributed by atoms with E-state index in [-0.39, 0.29) is 12.1 Å². The minimum absolute atomic E-state index is 0.139. The fraction of sp³-hybridized carbons (Fsp3) is 0.412. The van der Waals surface area contributed by atoms with E-state index in [0.717, 1.165) is 11.3 Å². The van der Waals surface area contributed by atoms with Gasteiger partial charge in [-0.3, -0.25) is 0 Å². The van der Waals surface area contributed by atoms with Crippen molar-refractivity contribution in [1.29, 1.82) is 0 Å². The molecule has 0 saturated carbocycles. The summed E-state index contributed by atoms with van der Waals surface area (Å²) in [6, 6.07) is 1.78. The Balaban J connectivity index is 1.91. The zero-order valence-electron chi connectivity index (χ0n) is 14.8. The van der Waals surface area contributed by atoms with Gasteiger partial charge in [0.1, 0.15) is 5.82 Å². The van der Waals surface area contributed by atoms with Crippen LogP contribution in [0.1, 0.15) is 25.1 Å². The second-order valence-electron chi connectivity index (χ2n) is 5.90. The van der Waals surface area contributed by atoms with E-state index in [2.05, 4.69) is 15.1 Å². The molecule has 3 heterocycles. The van der Waals surface area contributed by atoms with Crippen molar-refractivity contribution in [1.82, 2.24) is 19.7 Å². The SMILES string of the molecule is CCOC(=O)/C=C/c1cnn(-c2cc(N3CC(O)C3)nc(N)n2)c1CC. The first-order chi connectivity index (χ1) is 12.5. The van der Waals surface area contributed by atoms with E-state index in [9.17, 15) is 9.90 Å². The summed E-state index contributed by atoms with van der Waals surface area (Å²) in [4.78, 5) is 21.9. The third-order valence-corrected chi connectivity index (χ3v) is 4.04. The lowest BCUT2D eigenvalue weighted by Gasteiger charge is -2.36. The van der Waals surface area contributed by atoms with Gasteiger partial charge in [-0.2, -0.15) is 15.1 Å². The first-order valence-corrected chi connectivity index (χ1v) is 8.51. The molecule has 0 aromatic carbocycles. The van der Waals surface area contributed by atoms with Crippen LogP contribution in [-0.4, -0.2) is 56.6 Å². The van der Waals surface area contributed by atoms with Crippen molar-refractivity contribution in [2.75, 3.05) is 30.3 Å². The van der Waals surface area contributed by atoms with Crippen molar-refractivity contribution >= 4 is 23.8 Å². The lowest BCUT2D eigenvalue weighted by atomic mass is 10.1. The van der Waals surface area contributed by atoms with Crippen LogP contribution in [0.25, 0.3) is 11.9 Å². The average Bonchev–Trinajstić information content (AvgIpc) is 3.00. The number of carbonyl (C=O) groups excluding carboxylic acids is 1. The number of aromatic nitrogens is 4. The van der Waals surface area contributed by atoms with Gasteiger partial charge in [0.2, 0.25) is 5.95 Å². The Hall–Kier alpha value is -2.94. The van der Waals surface area contributed by atoms with Gasteiger partial charge in [0.05, 0.1) is 24.6 Å². The summed E-state index contributed by atoms with van der Waals surface area (Å²) in [5.41, 5.74) is 7.54. The van der Waals surface area contributed by atoms with Gasteiger partial charge in [-0.1, -0.05) is 6.92 Å². The number of nitrogen functional groups attached to an aromatic ring is 1. The lowest BCUT2D eigenvalue weighted by molar-refractivity contribution is -0.137. The van der Waals surface area contributed by atoms with Crippen LogP contribution < -0.4 is 10.6 Å². The standard InChI is InChI=1S/C17H22N6O3/c1-3-13-11(5-6-16(25)26-4-2)8-19-23(13)15-7-14(20-17(18)21-15)22-9-12(24)10-22/h5-8,12,24H,3-4,9-10H2,1-2H3,(H2,18,20,21)/b6-5+. The fourth-order valence-corrected chi connectivity index (χ4v) is 2.78. The van der Waals surface area contributed by atoms with Gasteiger partial charge in [0, 0.05) is 30.8 Å². The number of esters is 1. The molecule has 1 aliphatic heterocycles. The molecular weight excluding hydrogens is 336 g/mol. The maximum absolute atomic E-state index is 11.5. The number of anilines is 2. The summed E-state index contributed by atoms with van der Waals surface area (Å²) in [7, 11) is 0. The molecular formula is C17H22N6O3. The number of nitrogens with zero attached hydrogens (tertiary/aromatic N) is 5. The Bertz CT molecular complexity index is 826. The lowest BCUT2D eigenvalue weighted by Crippen LogP contribution is -2.51. The van der Waals surface area contributed by atoms with Gasteiger partial charge in [0.25, 0.3) is 0 Å². The molecule has 0 unspecified atom stereocenters. The van der Waals surface area contributed by atoms with E-state index < -0.39 is 5.97 Å². The molecule has 138 valence electrons. The molecule has 1 aliphatic rings. The van der Waals surface area contributed by atoms with Crippen LogP contribution in [0.2, 0.25) is 0 Å². The van der Waals surface area contributed by atoms with Gasteiger partial charge < -0.3 is 20.5 Å². The number of carbonyl (C=O) groups is 1. The van der Waals surface area contributed by atoms with Crippen LogP contribution in [0.3, 0.4) is 0 Å². The summed E-state index contributed by atoms with van der Waals surface area (Å²) in [6.07, 6.45) is 5.07. The highest BCUT2D eigenvalue weighted by Gasteiger charge is 2.26. The second-order valence-corrected chi connectivity index (χ2v) is 5.90. The summed E-state index contributed by atoms with van der Waals surface area (Å²) in [5.74, 6) is 0.938. The topological polar surface area (TPSA) is 119 Å². The molecule has 1 fully saturated rings. The van der Waals surface area contributed by atoms with Crippen LogP contribution in [0.15, 0.2) is 18.3 Å². The molecule has 0 amide bonds. The highest BCUT2D eigenvalue weighted by Crippen LogP contribution is 2.23. The third kappa shape index (κ3) is 3.67. The number of rotatable bonds is 6. The van der Waals surface area contributed by atoms with Crippen molar-refractivity contribution < 1.29 is 14.6 Å². The number of ether oxygens (including phenoxy) is 1. The van der Waals surface area contributed by atoms with Gasteiger partial charge in [-0.15, -0.1) is 0 Å². The molecule has 9 nitrogen and oxygen atoms in total. The first kappa shape index (κ1) is 17.9. The quantitative estimate of drug-likeness (QED) is 0.568. The summed E-state index contributed by atoms with van der Waals surface area (Å²) >= 11 is 0. The Morgan fingerprint density at radius 3 is 2.77 bits per heavy atom. The van der Waals surface area contributed by atoms with Crippen molar-refractivity contribution in [3.05, 3.63) is 29.6 Å². The van der Waals surface area contributed by atoms with Crippen LogP contribution in [0, 0.1) is 0 Å². The second kappa shape index (κ2) is 7.52. The molecule has 3 rings (SSSR count). The number of β-amino-alcohol motifs (C(OH)–C–C–N with tert-alkyl or cyclic N) is 1. The van der Waals surface area contributed by atoms with E-state index in [1.54, 1.807) is 29.9 Å². The van der Waals surface area contributed by atoms with E-state index in [0.29, 0.717) is 37.8 Å². The van der Waals surface area contributed by atoms with Crippen molar-refractivity contribution in [3.8, 4) is 5.82 Å². The van der Waals surface area contributed by atoms with Crippen molar-refractivity contribution in [2.45, 2.75) is 26.4 Å². The molecule has 0 spiro atoms. The number of aliphatic hydroxyl groups is 1. The van der Waals surface area contributed by atoms with Crippen LogP contribution in [0.4, 0.5) is 11.8 Å². The maximum Gasteiger partial charge on any atom is 0.330 e. The monoisotopic (exact) mass is 358 g/mol. The number of nitrogens with two attached hydrogens (primary N) is 1. The highest BCUT2D eigenvalue weighted by molar-refractivity contribution is 5.87. The summed E-state index contributed by atoms with van der Waals surface area (Å²) < 4.78 is 6.58. The van der Waals surface area contributed by atoms with Crippen LogP contribution in [-0.2, 0) is 16.0 Å². The Kier molecular flexibility index (Phi) is 5.17. The predicted molar refractivity (Wildman–Crippen MR) is 96.8 cm³/mol. The minimum atomic E-state index is -0.396. The van der Waals surface area contributed by atoms with Crippen molar-refractivity contribution in [3.63, 3.8) is 0 Å². The molecule has 3 N–H and O–H groups in total. The zero-order chi connectivity index (χ0) is 18.7. The number of hydrogen-bond donors (Lipinski definition) is 2. The largest absolute Gasteiger partial charge is 0.463 e. The van der Waals surface area contributed by atoms with Gasteiger partial charge >= 0.3 is 5.97 Å². The molecule has 2 aromatic heterocycles. The third-order valence-electron chi connectivity index (χ3n) is 4.04. The smallest absolute Gasteiger partial charge is 0.330 e. The molecule has 0 radical (unpaired) electrons. The first-order valence-electron chi connectivity index (χ1n) is 8.51. The molecule has 0 bridgehead atoms. The molecule has 9 heteroatoms. The molecule has 2 aromatic rings. The Labute approximate surface area is 151 Å². The Morgan fingerprint density at radius 1 is 1.38 bits per heavy atom.